The molecule has 1 unspecified atom stereocenters. The van der Waals surface area contributed by atoms with E-state index in [2.05, 4.69) is 5.32 Å². The van der Waals surface area contributed by atoms with Crippen LogP contribution in [-0.4, -0.2) is 29.1 Å². The van der Waals surface area contributed by atoms with Gasteiger partial charge in [-0.15, -0.1) is 0 Å². The summed E-state index contributed by atoms with van der Waals surface area (Å²) in [5.74, 6) is -1.41. The fourth-order valence-corrected chi connectivity index (χ4v) is 1.90. The SMILES string of the molecule is CCC(CC)NC(=O)C(C)Oc1c(N)cccc1C(=O)O. The van der Waals surface area contributed by atoms with E-state index >= 15 is 0 Å². The van der Waals surface area contributed by atoms with Gasteiger partial charge < -0.3 is 20.9 Å². The number of nitrogens with two attached hydrogens (primary N) is 1. The van der Waals surface area contributed by atoms with Crippen LogP contribution in [0, 0.1) is 0 Å². The Bertz CT molecular complexity index is 512. The standard InChI is InChI=1S/C15H22N2O4/c1-4-10(5-2)17-14(18)9(3)21-13-11(15(19)20)7-6-8-12(13)16/h6-10H,4-5,16H2,1-3H3,(H,17,18)(H,19,20). The van der Waals surface area contributed by atoms with Crippen LogP contribution >= 0.6 is 0 Å². The van der Waals surface area contributed by atoms with Crippen LogP contribution in [0.2, 0.25) is 0 Å². The Morgan fingerprint density at radius 1 is 1.33 bits per heavy atom. The number of benzene rings is 1. The molecule has 0 bridgehead atoms. The number of nitrogen functional groups attached to an aromatic ring is 1. The number of carbonyl (C=O) groups is 2. The molecule has 0 fully saturated rings. The van der Waals surface area contributed by atoms with Gasteiger partial charge in [0.1, 0.15) is 5.56 Å². The fraction of sp³-hybridized carbons (Fsp3) is 0.467. The van der Waals surface area contributed by atoms with Crippen molar-refractivity contribution in [1.29, 1.82) is 0 Å². The summed E-state index contributed by atoms with van der Waals surface area (Å²) in [6, 6.07) is 4.53. The molecule has 1 aromatic carbocycles. The highest BCUT2D eigenvalue weighted by Gasteiger charge is 2.21. The smallest absolute Gasteiger partial charge is 0.339 e. The molecule has 0 saturated carbocycles. The molecule has 4 N–H and O–H groups in total. The Kier molecular flexibility index (Phi) is 6.02. The maximum atomic E-state index is 12.0. The summed E-state index contributed by atoms with van der Waals surface area (Å²) in [6.07, 6.45) is 0.819. The van der Waals surface area contributed by atoms with Gasteiger partial charge in [-0.05, 0) is 31.9 Å². The zero-order chi connectivity index (χ0) is 16.0. The van der Waals surface area contributed by atoms with E-state index in [0.717, 1.165) is 12.8 Å². The first-order valence-electron chi connectivity index (χ1n) is 6.99. The lowest BCUT2D eigenvalue weighted by Crippen LogP contribution is -2.42. The monoisotopic (exact) mass is 294 g/mol. The molecule has 6 heteroatoms. The molecular formula is C15H22N2O4. The van der Waals surface area contributed by atoms with E-state index in [4.69, 9.17) is 15.6 Å². The lowest BCUT2D eigenvalue weighted by molar-refractivity contribution is -0.128. The van der Waals surface area contributed by atoms with Crippen molar-refractivity contribution in [3.05, 3.63) is 23.8 Å². The van der Waals surface area contributed by atoms with Crippen molar-refractivity contribution in [1.82, 2.24) is 5.32 Å². The number of para-hydroxylation sites is 1. The van der Waals surface area contributed by atoms with Crippen LogP contribution in [0.5, 0.6) is 5.75 Å². The second-order valence-electron chi connectivity index (χ2n) is 4.81. The predicted molar refractivity (Wildman–Crippen MR) is 80.4 cm³/mol. The van der Waals surface area contributed by atoms with Crippen molar-refractivity contribution in [2.45, 2.75) is 45.8 Å². The van der Waals surface area contributed by atoms with E-state index in [1.165, 1.54) is 18.2 Å². The van der Waals surface area contributed by atoms with Gasteiger partial charge >= 0.3 is 5.97 Å². The molecule has 0 aliphatic heterocycles. The number of rotatable bonds is 7. The van der Waals surface area contributed by atoms with Crippen molar-refractivity contribution in [2.24, 2.45) is 0 Å². The number of carboxylic acids is 1. The van der Waals surface area contributed by atoms with Crippen LogP contribution in [0.4, 0.5) is 5.69 Å². The normalized spacial score (nSPS) is 12.0. The van der Waals surface area contributed by atoms with Crippen LogP contribution < -0.4 is 15.8 Å². The van der Waals surface area contributed by atoms with E-state index in [9.17, 15) is 9.59 Å². The third-order valence-corrected chi connectivity index (χ3v) is 3.27. The van der Waals surface area contributed by atoms with Gasteiger partial charge in [0.2, 0.25) is 0 Å². The van der Waals surface area contributed by atoms with Crippen LogP contribution in [0.25, 0.3) is 0 Å². The van der Waals surface area contributed by atoms with Crippen molar-refractivity contribution in [3.63, 3.8) is 0 Å². The van der Waals surface area contributed by atoms with Crippen molar-refractivity contribution < 1.29 is 19.4 Å². The number of ether oxygens (including phenoxy) is 1. The molecule has 21 heavy (non-hydrogen) atoms. The number of carboxylic acid groups (broad SMARTS) is 1. The van der Waals surface area contributed by atoms with Gasteiger partial charge in [-0.3, -0.25) is 4.79 Å². The van der Waals surface area contributed by atoms with Gasteiger partial charge in [-0.1, -0.05) is 19.9 Å². The molecule has 0 saturated heterocycles. The summed E-state index contributed by atoms with van der Waals surface area (Å²) >= 11 is 0. The van der Waals surface area contributed by atoms with Gasteiger partial charge in [0.05, 0.1) is 5.69 Å². The summed E-state index contributed by atoms with van der Waals surface area (Å²) in [5.41, 5.74) is 5.87. The number of carbonyl (C=O) groups excluding carboxylic acids is 1. The summed E-state index contributed by atoms with van der Waals surface area (Å²) < 4.78 is 5.47. The van der Waals surface area contributed by atoms with E-state index in [1.54, 1.807) is 6.92 Å². The topological polar surface area (TPSA) is 102 Å². The van der Waals surface area contributed by atoms with Gasteiger partial charge in [-0.25, -0.2) is 4.79 Å². The molecule has 0 aliphatic carbocycles. The third kappa shape index (κ3) is 4.37. The number of hydrogen-bond acceptors (Lipinski definition) is 4. The van der Waals surface area contributed by atoms with E-state index < -0.39 is 12.1 Å². The second-order valence-corrected chi connectivity index (χ2v) is 4.81. The highest BCUT2D eigenvalue weighted by molar-refractivity contribution is 5.93. The fourth-order valence-electron chi connectivity index (χ4n) is 1.90. The van der Waals surface area contributed by atoms with Gasteiger partial charge in [-0.2, -0.15) is 0 Å². The number of amides is 1. The van der Waals surface area contributed by atoms with Crippen molar-refractivity contribution in [2.75, 3.05) is 5.73 Å². The van der Waals surface area contributed by atoms with E-state index in [-0.39, 0.29) is 28.9 Å². The molecule has 0 aromatic heterocycles. The molecule has 0 spiro atoms. The van der Waals surface area contributed by atoms with Crippen LogP contribution in [0.3, 0.4) is 0 Å². The number of anilines is 1. The van der Waals surface area contributed by atoms with Crippen molar-refractivity contribution >= 4 is 17.6 Å². The maximum absolute atomic E-state index is 12.0. The highest BCUT2D eigenvalue weighted by atomic mass is 16.5. The molecule has 1 aromatic rings. The average Bonchev–Trinajstić information content (AvgIpc) is 2.46. The molecule has 116 valence electrons. The summed E-state index contributed by atoms with van der Waals surface area (Å²) in [5, 5.41) is 12.0. The van der Waals surface area contributed by atoms with E-state index in [0.29, 0.717) is 0 Å². The molecule has 0 heterocycles. The molecule has 1 amide bonds. The molecule has 1 rings (SSSR count). The Labute approximate surface area is 124 Å². The maximum Gasteiger partial charge on any atom is 0.339 e. The highest BCUT2D eigenvalue weighted by Crippen LogP contribution is 2.27. The van der Waals surface area contributed by atoms with Gasteiger partial charge in [0.25, 0.3) is 5.91 Å². The lowest BCUT2D eigenvalue weighted by atomic mass is 10.1. The third-order valence-electron chi connectivity index (χ3n) is 3.27. The Hall–Kier alpha value is -2.24. The number of hydrogen-bond donors (Lipinski definition) is 3. The average molecular weight is 294 g/mol. The summed E-state index contributed by atoms with van der Waals surface area (Å²) in [6.45, 7) is 5.53. The van der Waals surface area contributed by atoms with Gasteiger partial charge in [0, 0.05) is 6.04 Å². The minimum Gasteiger partial charge on any atom is -0.478 e. The Morgan fingerprint density at radius 2 is 1.95 bits per heavy atom. The lowest BCUT2D eigenvalue weighted by Gasteiger charge is -2.20. The minimum atomic E-state index is -1.15. The van der Waals surface area contributed by atoms with E-state index in [1.807, 2.05) is 13.8 Å². The first-order valence-corrected chi connectivity index (χ1v) is 6.99. The van der Waals surface area contributed by atoms with Gasteiger partial charge in [0.15, 0.2) is 11.9 Å². The summed E-state index contributed by atoms with van der Waals surface area (Å²) in [4.78, 5) is 23.2. The van der Waals surface area contributed by atoms with Crippen LogP contribution in [0.1, 0.15) is 44.0 Å². The molecule has 0 aliphatic rings. The predicted octanol–water partition coefficient (Wildman–Crippen LogP) is 2.04. The first-order chi connectivity index (χ1) is 9.90. The molecule has 6 nitrogen and oxygen atoms in total. The summed E-state index contributed by atoms with van der Waals surface area (Å²) in [7, 11) is 0. The zero-order valence-electron chi connectivity index (χ0n) is 12.6. The number of aromatic carboxylic acids is 1. The van der Waals surface area contributed by atoms with Crippen LogP contribution in [0.15, 0.2) is 18.2 Å². The molecule has 1 atom stereocenters. The first kappa shape index (κ1) is 16.8. The molecule has 0 radical (unpaired) electrons. The quantitative estimate of drug-likeness (QED) is 0.668. The number of nitrogens with one attached hydrogen (secondary N) is 1. The Morgan fingerprint density at radius 3 is 2.48 bits per heavy atom. The minimum absolute atomic E-state index is 0.0252. The Balaban J connectivity index is 2.86. The van der Waals surface area contributed by atoms with Crippen molar-refractivity contribution in [3.8, 4) is 5.75 Å². The zero-order valence-corrected chi connectivity index (χ0v) is 12.6. The second kappa shape index (κ2) is 7.52. The van der Waals surface area contributed by atoms with Crippen LogP contribution in [-0.2, 0) is 4.79 Å². The largest absolute Gasteiger partial charge is 0.478 e. The molecular weight excluding hydrogens is 272 g/mol.